The van der Waals surface area contributed by atoms with Gasteiger partial charge < -0.3 is 4.74 Å². The van der Waals surface area contributed by atoms with Crippen LogP contribution in [-0.2, 0) is 9.53 Å². The molecule has 0 aromatic rings. The smallest absolute Gasteiger partial charge is 0.302 e. The van der Waals surface area contributed by atoms with Crippen LogP contribution >= 0.6 is 0 Å². The first-order valence-electron chi connectivity index (χ1n) is 14.6. The van der Waals surface area contributed by atoms with Crippen LogP contribution in [0.3, 0.4) is 0 Å². The maximum Gasteiger partial charge on any atom is 0.302 e. The molecule has 5 fully saturated rings. The second-order valence-corrected chi connectivity index (χ2v) is 15.3. The van der Waals surface area contributed by atoms with Crippen molar-refractivity contribution in [3.63, 3.8) is 0 Å². The molecule has 0 amide bonds. The van der Waals surface area contributed by atoms with E-state index >= 15 is 0 Å². The number of rotatable bonds is 1. The summed E-state index contributed by atoms with van der Waals surface area (Å²) in [4.78, 5) is 11.9. The lowest BCUT2D eigenvalue weighted by Crippen LogP contribution is -2.67. The van der Waals surface area contributed by atoms with Gasteiger partial charge in [-0.05, 0) is 115 Å². The van der Waals surface area contributed by atoms with E-state index in [0.29, 0.717) is 33.5 Å². The summed E-state index contributed by atoms with van der Waals surface area (Å²) >= 11 is 0. The minimum Gasteiger partial charge on any atom is -0.462 e. The lowest BCUT2D eigenvalue weighted by atomic mass is 9.31. The second-order valence-electron chi connectivity index (χ2n) is 15.3. The average molecular weight is 469 g/mol. The largest absolute Gasteiger partial charge is 0.462 e. The third kappa shape index (κ3) is 3.08. The zero-order valence-electron chi connectivity index (χ0n) is 23.6. The Morgan fingerprint density at radius 2 is 1.53 bits per heavy atom. The zero-order valence-corrected chi connectivity index (χ0v) is 23.6. The highest BCUT2D eigenvalue weighted by molar-refractivity contribution is 5.66. The van der Waals surface area contributed by atoms with Gasteiger partial charge in [0, 0.05) is 12.3 Å². The van der Waals surface area contributed by atoms with Crippen LogP contribution in [0, 0.1) is 56.7 Å². The summed E-state index contributed by atoms with van der Waals surface area (Å²) in [5.74, 6) is 3.51. The third-order valence-electron chi connectivity index (χ3n) is 13.7. The maximum absolute atomic E-state index is 11.9. The molecule has 10 unspecified atom stereocenters. The topological polar surface area (TPSA) is 26.3 Å². The number of carbonyl (C=O) groups is 1. The van der Waals surface area contributed by atoms with Gasteiger partial charge in [0.15, 0.2) is 0 Å². The van der Waals surface area contributed by atoms with E-state index in [1.165, 1.54) is 57.8 Å². The van der Waals surface area contributed by atoms with Gasteiger partial charge in [0.2, 0.25) is 0 Å². The lowest BCUT2D eigenvalue weighted by molar-refractivity contribution is -0.248. The second kappa shape index (κ2) is 7.61. The molecule has 0 saturated heterocycles. The Kier molecular flexibility index (Phi) is 5.57. The van der Waals surface area contributed by atoms with E-state index in [1.807, 2.05) is 0 Å². The summed E-state index contributed by atoms with van der Waals surface area (Å²) in [6.07, 6.45) is 13.2. The van der Waals surface area contributed by atoms with Crippen LogP contribution in [0.15, 0.2) is 12.2 Å². The van der Waals surface area contributed by atoms with E-state index in [1.54, 1.807) is 12.5 Å². The molecule has 192 valence electrons. The van der Waals surface area contributed by atoms with Gasteiger partial charge in [0.1, 0.15) is 6.10 Å². The molecule has 2 nitrogen and oxygen atoms in total. The molecular weight excluding hydrogens is 416 g/mol. The molecule has 34 heavy (non-hydrogen) atoms. The van der Waals surface area contributed by atoms with Crippen LogP contribution in [0.25, 0.3) is 0 Å². The number of allylic oxidation sites excluding steroid dienone is 1. The van der Waals surface area contributed by atoms with Crippen molar-refractivity contribution in [1.82, 2.24) is 0 Å². The van der Waals surface area contributed by atoms with E-state index in [9.17, 15) is 4.79 Å². The van der Waals surface area contributed by atoms with Crippen LogP contribution in [0.4, 0.5) is 0 Å². The monoisotopic (exact) mass is 468 g/mol. The Morgan fingerprint density at radius 1 is 0.824 bits per heavy atom. The van der Waals surface area contributed by atoms with E-state index in [4.69, 9.17) is 11.3 Å². The summed E-state index contributed by atoms with van der Waals surface area (Å²) in [7, 11) is 0. The molecule has 10 atom stereocenters. The summed E-state index contributed by atoms with van der Waals surface area (Å²) in [6.45, 7) is 24.3. The Balaban J connectivity index is 1.50. The highest BCUT2D eigenvalue weighted by Gasteiger charge is 2.69. The van der Waals surface area contributed by atoms with Crippen molar-refractivity contribution in [1.29, 1.82) is 0 Å². The van der Waals surface area contributed by atoms with Crippen LogP contribution in [0.2, 0.25) is 0 Å². The molecule has 5 saturated carbocycles. The van der Waals surface area contributed by atoms with Crippen molar-refractivity contribution in [2.75, 3.05) is 0 Å². The molecule has 5 aliphatic rings. The van der Waals surface area contributed by atoms with Gasteiger partial charge in [0.05, 0.1) is 0 Å². The van der Waals surface area contributed by atoms with Crippen molar-refractivity contribution in [3.05, 3.63) is 12.2 Å². The fourth-order valence-electron chi connectivity index (χ4n) is 11.6. The van der Waals surface area contributed by atoms with Gasteiger partial charge in [-0.3, -0.25) is 4.79 Å². The highest BCUT2D eigenvalue weighted by Crippen LogP contribution is 2.77. The van der Waals surface area contributed by atoms with Gasteiger partial charge in [-0.2, -0.15) is 0 Å². The van der Waals surface area contributed by atoms with E-state index < -0.39 is 0 Å². The molecule has 0 radical (unpaired) electrons. The fourth-order valence-corrected chi connectivity index (χ4v) is 11.6. The standard InChI is InChI=1S/C32H52O2/c1-20-12-15-29(6)18-19-31(8)23(27(29)21(20)2)10-11-25-30(7)16-14-26(34-22(3)33)28(4,5)24(30)13-17-32(25,31)9/h20,23-27H,2,10-19H2,1,3-9H3. The quantitative estimate of drug-likeness (QED) is 0.284. The van der Waals surface area contributed by atoms with Crippen molar-refractivity contribution in [2.45, 2.75) is 126 Å². The highest BCUT2D eigenvalue weighted by atomic mass is 16.5. The van der Waals surface area contributed by atoms with E-state index in [0.717, 1.165) is 24.2 Å². The molecule has 0 heterocycles. The first kappa shape index (κ1) is 24.9. The molecular formula is C32H52O2. The van der Waals surface area contributed by atoms with E-state index in [-0.39, 0.29) is 17.5 Å². The van der Waals surface area contributed by atoms with Crippen molar-refractivity contribution >= 4 is 5.97 Å². The molecule has 5 rings (SSSR count). The first-order chi connectivity index (χ1) is 15.7. The Bertz CT molecular complexity index is 872. The number of esters is 1. The van der Waals surface area contributed by atoms with Gasteiger partial charge in [0.25, 0.3) is 0 Å². The van der Waals surface area contributed by atoms with Gasteiger partial charge in [-0.25, -0.2) is 0 Å². The Labute approximate surface area is 210 Å². The molecule has 2 heteroatoms. The zero-order chi connectivity index (χ0) is 24.9. The predicted molar refractivity (Wildman–Crippen MR) is 140 cm³/mol. The molecule has 0 bridgehead atoms. The lowest BCUT2D eigenvalue weighted by Gasteiger charge is -2.73. The first-order valence-corrected chi connectivity index (χ1v) is 14.6. The Hall–Kier alpha value is -0.790. The van der Waals surface area contributed by atoms with Crippen LogP contribution < -0.4 is 0 Å². The summed E-state index contributed by atoms with van der Waals surface area (Å²) in [5, 5.41) is 0. The van der Waals surface area contributed by atoms with Gasteiger partial charge >= 0.3 is 5.97 Å². The van der Waals surface area contributed by atoms with Gasteiger partial charge in [-0.15, -0.1) is 0 Å². The third-order valence-corrected chi connectivity index (χ3v) is 13.7. The molecule has 5 aliphatic carbocycles. The molecule has 0 N–H and O–H groups in total. The van der Waals surface area contributed by atoms with Crippen LogP contribution in [0.5, 0.6) is 0 Å². The molecule has 0 aliphatic heterocycles. The average Bonchev–Trinajstić information content (AvgIpc) is 2.74. The van der Waals surface area contributed by atoms with Crippen molar-refractivity contribution < 1.29 is 9.53 Å². The van der Waals surface area contributed by atoms with Gasteiger partial charge in [-0.1, -0.05) is 60.6 Å². The normalized spacial score (nSPS) is 54.2. The van der Waals surface area contributed by atoms with Crippen molar-refractivity contribution in [3.8, 4) is 0 Å². The van der Waals surface area contributed by atoms with Crippen LogP contribution in [0.1, 0.15) is 120 Å². The summed E-state index contributed by atoms with van der Waals surface area (Å²) in [6, 6.07) is 0. The SMILES string of the molecule is C=C1C(C)CCC2(C)CCC3(C)C(CCC4C5(C)CCC(OC(C)=O)C(C)(C)C5CCC43C)C12. The number of ether oxygens (including phenoxy) is 1. The predicted octanol–water partition coefficient (Wildman–Crippen LogP) is 8.60. The minimum atomic E-state index is -0.109. The minimum absolute atomic E-state index is 0.0516. The Morgan fingerprint density at radius 3 is 2.21 bits per heavy atom. The van der Waals surface area contributed by atoms with Crippen molar-refractivity contribution in [2.24, 2.45) is 56.7 Å². The maximum atomic E-state index is 11.9. The summed E-state index contributed by atoms with van der Waals surface area (Å²) in [5.41, 5.74) is 3.27. The van der Waals surface area contributed by atoms with E-state index in [2.05, 4.69) is 48.5 Å². The fraction of sp³-hybridized carbons (Fsp3) is 0.906. The number of carbonyl (C=O) groups excluding carboxylic acids is 1. The number of hydrogen-bond donors (Lipinski definition) is 0. The number of fused-ring (bicyclic) bond motifs is 7. The molecule has 0 aromatic carbocycles. The van der Waals surface area contributed by atoms with Crippen LogP contribution in [-0.4, -0.2) is 12.1 Å². The molecule has 0 aromatic heterocycles. The number of hydrogen-bond acceptors (Lipinski definition) is 2. The molecule has 0 spiro atoms. The summed E-state index contributed by atoms with van der Waals surface area (Å²) < 4.78 is 5.91.